The Kier molecular flexibility index (Phi) is 2.66. The third-order valence-corrected chi connectivity index (χ3v) is 3.12. The number of halogens is 3. The number of rotatable bonds is 1. The van der Waals surface area contributed by atoms with E-state index in [-0.39, 0.29) is 0 Å². The highest BCUT2D eigenvalue weighted by molar-refractivity contribution is 5.24. The Morgan fingerprint density at radius 3 is 2.25 bits per heavy atom. The first-order valence-electron chi connectivity index (χ1n) is 5.24. The lowest BCUT2D eigenvalue weighted by Gasteiger charge is -2.23. The quantitative estimate of drug-likeness (QED) is 0.805. The van der Waals surface area contributed by atoms with E-state index < -0.39 is 17.4 Å². The molecule has 2 nitrogen and oxygen atoms in total. The zero-order valence-corrected chi connectivity index (χ0v) is 8.72. The first kappa shape index (κ1) is 11.4. The van der Waals surface area contributed by atoms with Crippen LogP contribution < -0.4 is 5.73 Å². The van der Waals surface area contributed by atoms with Crippen LogP contribution in [0.4, 0.5) is 13.2 Å². The van der Waals surface area contributed by atoms with Crippen LogP contribution >= 0.6 is 0 Å². The molecule has 0 aromatic carbocycles. The second kappa shape index (κ2) is 3.73. The van der Waals surface area contributed by atoms with E-state index in [0.717, 1.165) is 31.7 Å². The molecule has 0 amide bonds. The number of alkyl halides is 3. The summed E-state index contributed by atoms with van der Waals surface area (Å²) in [6.45, 7) is 0. The Labute approximate surface area is 91.7 Å². The van der Waals surface area contributed by atoms with Crippen LogP contribution in [0.15, 0.2) is 18.3 Å². The van der Waals surface area contributed by atoms with Gasteiger partial charge in [0, 0.05) is 11.7 Å². The molecule has 1 aromatic rings. The fourth-order valence-electron chi connectivity index (χ4n) is 2.15. The number of aromatic nitrogens is 1. The molecule has 0 unspecified atom stereocenters. The minimum absolute atomic E-state index is 0.475. The van der Waals surface area contributed by atoms with Gasteiger partial charge in [-0.15, -0.1) is 0 Å². The van der Waals surface area contributed by atoms with Crippen LogP contribution in [-0.4, -0.2) is 4.98 Å². The van der Waals surface area contributed by atoms with Crippen molar-refractivity contribution in [2.24, 2.45) is 5.73 Å². The molecule has 0 radical (unpaired) electrons. The van der Waals surface area contributed by atoms with Gasteiger partial charge < -0.3 is 5.73 Å². The average Bonchev–Trinajstić information content (AvgIpc) is 2.66. The van der Waals surface area contributed by atoms with Crippen molar-refractivity contribution in [3.05, 3.63) is 29.6 Å². The van der Waals surface area contributed by atoms with Crippen LogP contribution in [0.3, 0.4) is 0 Å². The van der Waals surface area contributed by atoms with Crippen molar-refractivity contribution in [2.75, 3.05) is 0 Å². The minimum atomic E-state index is -4.38. The fraction of sp³-hybridized carbons (Fsp3) is 0.545. The van der Waals surface area contributed by atoms with Gasteiger partial charge in [-0.1, -0.05) is 18.9 Å². The number of nitrogens with zero attached hydrogens (tertiary/aromatic N) is 1. The lowest BCUT2D eigenvalue weighted by molar-refractivity contribution is -0.141. The topological polar surface area (TPSA) is 38.9 Å². The summed E-state index contributed by atoms with van der Waals surface area (Å²) < 4.78 is 36.9. The molecule has 5 heteroatoms. The predicted octanol–water partition coefficient (Wildman–Crippen LogP) is 2.83. The maximum absolute atomic E-state index is 12.3. The molecule has 1 heterocycles. The van der Waals surface area contributed by atoms with Gasteiger partial charge in [-0.3, -0.25) is 4.98 Å². The first-order chi connectivity index (χ1) is 7.42. The van der Waals surface area contributed by atoms with Crippen molar-refractivity contribution in [3.8, 4) is 0 Å². The van der Waals surface area contributed by atoms with Gasteiger partial charge in [-0.05, 0) is 24.5 Å². The Bertz CT molecular complexity index is 364. The van der Waals surface area contributed by atoms with E-state index in [4.69, 9.17) is 5.73 Å². The summed E-state index contributed by atoms with van der Waals surface area (Å²) in [6, 6.07) is 2.45. The zero-order chi connectivity index (χ0) is 11.8. The monoisotopic (exact) mass is 230 g/mol. The standard InChI is InChI=1S/C11H13F3N2/c12-11(13,14)9-4-3-8(7-16-9)10(15)5-1-2-6-10/h3-4,7H,1-2,5-6,15H2. The second-order valence-electron chi connectivity index (χ2n) is 4.29. The van der Waals surface area contributed by atoms with Gasteiger partial charge in [0.15, 0.2) is 0 Å². The molecule has 88 valence electrons. The average molecular weight is 230 g/mol. The van der Waals surface area contributed by atoms with E-state index in [9.17, 15) is 13.2 Å². The van der Waals surface area contributed by atoms with Crippen molar-refractivity contribution < 1.29 is 13.2 Å². The van der Waals surface area contributed by atoms with E-state index in [0.29, 0.717) is 5.56 Å². The highest BCUT2D eigenvalue weighted by atomic mass is 19.4. The van der Waals surface area contributed by atoms with Crippen LogP contribution in [0.2, 0.25) is 0 Å². The molecule has 16 heavy (non-hydrogen) atoms. The summed E-state index contributed by atoms with van der Waals surface area (Å²) in [7, 11) is 0. The van der Waals surface area contributed by atoms with Gasteiger partial charge in [-0.2, -0.15) is 13.2 Å². The number of hydrogen-bond donors (Lipinski definition) is 1. The highest BCUT2D eigenvalue weighted by Gasteiger charge is 2.35. The van der Waals surface area contributed by atoms with Crippen molar-refractivity contribution in [1.82, 2.24) is 4.98 Å². The number of hydrogen-bond acceptors (Lipinski definition) is 2. The predicted molar refractivity (Wildman–Crippen MR) is 53.6 cm³/mol. The SMILES string of the molecule is NC1(c2ccc(C(F)(F)F)nc2)CCCC1. The molecule has 2 rings (SSSR count). The van der Waals surface area contributed by atoms with Crippen molar-refractivity contribution in [1.29, 1.82) is 0 Å². The van der Waals surface area contributed by atoms with Crippen molar-refractivity contribution >= 4 is 0 Å². The van der Waals surface area contributed by atoms with E-state index in [1.54, 1.807) is 0 Å². The molecule has 0 aliphatic heterocycles. The third-order valence-electron chi connectivity index (χ3n) is 3.12. The molecule has 1 fully saturated rings. The van der Waals surface area contributed by atoms with Crippen LogP contribution in [-0.2, 0) is 11.7 Å². The lowest BCUT2D eigenvalue weighted by Crippen LogP contribution is -2.33. The Hall–Kier alpha value is -1.10. The van der Waals surface area contributed by atoms with Gasteiger partial charge in [0.05, 0.1) is 0 Å². The number of pyridine rings is 1. The van der Waals surface area contributed by atoms with Crippen molar-refractivity contribution in [2.45, 2.75) is 37.4 Å². The molecule has 0 atom stereocenters. The molecule has 0 saturated heterocycles. The largest absolute Gasteiger partial charge is 0.433 e. The summed E-state index contributed by atoms with van der Waals surface area (Å²) >= 11 is 0. The van der Waals surface area contributed by atoms with Crippen LogP contribution in [0.25, 0.3) is 0 Å². The van der Waals surface area contributed by atoms with E-state index in [1.165, 1.54) is 12.3 Å². The molecule has 1 aromatic heterocycles. The summed E-state index contributed by atoms with van der Waals surface area (Å²) in [5.41, 5.74) is 5.49. The second-order valence-corrected chi connectivity index (χ2v) is 4.29. The van der Waals surface area contributed by atoms with Crippen LogP contribution in [0, 0.1) is 0 Å². The molecule has 2 N–H and O–H groups in total. The normalized spacial score (nSPS) is 20.0. The van der Waals surface area contributed by atoms with Gasteiger partial charge in [0.25, 0.3) is 0 Å². The highest BCUT2D eigenvalue weighted by Crippen LogP contribution is 2.36. The van der Waals surface area contributed by atoms with Gasteiger partial charge in [-0.25, -0.2) is 0 Å². The molecule has 0 bridgehead atoms. The summed E-state index contributed by atoms with van der Waals surface area (Å²) in [4.78, 5) is 3.43. The first-order valence-corrected chi connectivity index (χ1v) is 5.24. The Morgan fingerprint density at radius 1 is 1.19 bits per heavy atom. The van der Waals surface area contributed by atoms with Gasteiger partial charge >= 0.3 is 6.18 Å². The summed E-state index contributed by atoms with van der Waals surface area (Å²) in [5.74, 6) is 0. The maximum Gasteiger partial charge on any atom is 0.433 e. The summed E-state index contributed by atoms with van der Waals surface area (Å²) in [6.07, 6.45) is 0.569. The third kappa shape index (κ3) is 2.04. The lowest BCUT2D eigenvalue weighted by atomic mass is 9.91. The Morgan fingerprint density at radius 2 is 1.81 bits per heavy atom. The minimum Gasteiger partial charge on any atom is -0.321 e. The molecular weight excluding hydrogens is 217 g/mol. The van der Waals surface area contributed by atoms with E-state index >= 15 is 0 Å². The van der Waals surface area contributed by atoms with Crippen LogP contribution in [0.1, 0.15) is 36.9 Å². The molecule has 1 saturated carbocycles. The zero-order valence-electron chi connectivity index (χ0n) is 8.72. The number of nitrogens with two attached hydrogens (primary N) is 1. The van der Waals surface area contributed by atoms with Gasteiger partial charge in [0.2, 0.25) is 0 Å². The van der Waals surface area contributed by atoms with Gasteiger partial charge in [0.1, 0.15) is 5.69 Å². The molecular formula is C11H13F3N2. The van der Waals surface area contributed by atoms with E-state index in [1.807, 2.05) is 0 Å². The molecule has 1 aliphatic rings. The summed E-state index contributed by atoms with van der Waals surface area (Å²) in [5, 5.41) is 0. The molecule has 0 spiro atoms. The van der Waals surface area contributed by atoms with Crippen molar-refractivity contribution in [3.63, 3.8) is 0 Å². The Balaban J connectivity index is 2.26. The molecule has 1 aliphatic carbocycles. The fourth-order valence-corrected chi connectivity index (χ4v) is 2.15. The smallest absolute Gasteiger partial charge is 0.321 e. The van der Waals surface area contributed by atoms with Crippen LogP contribution in [0.5, 0.6) is 0 Å². The van der Waals surface area contributed by atoms with E-state index in [2.05, 4.69) is 4.98 Å². The maximum atomic E-state index is 12.3.